The lowest BCUT2D eigenvalue weighted by Gasteiger charge is -2.34. The van der Waals surface area contributed by atoms with Gasteiger partial charge in [0.25, 0.3) is 5.56 Å². The number of halogens is 1. The molecule has 1 aliphatic rings. The fourth-order valence-corrected chi connectivity index (χ4v) is 6.30. The van der Waals surface area contributed by atoms with Crippen molar-refractivity contribution in [3.8, 4) is 17.2 Å². The predicted molar refractivity (Wildman–Crippen MR) is 135 cm³/mol. The summed E-state index contributed by atoms with van der Waals surface area (Å²) in [5.41, 5.74) is 1.74. The molecule has 1 aromatic carbocycles. The standard InChI is InChI=1S/C24H22ClN5OS2/c25-20-7-6-18(33-20)14-28-10-12-29(13-11-28)15-21-27-23-22(24(31)30(21)9-8-26)19(16-32-23)17-4-2-1-3-5-17/h1-7,16H,9-15H2. The smallest absolute Gasteiger partial charge is 0.263 e. The summed E-state index contributed by atoms with van der Waals surface area (Å²) in [6, 6.07) is 16.0. The van der Waals surface area contributed by atoms with Gasteiger partial charge in [0.15, 0.2) is 0 Å². The lowest BCUT2D eigenvalue weighted by molar-refractivity contribution is 0.119. The molecular weight excluding hydrogens is 474 g/mol. The quantitative estimate of drug-likeness (QED) is 0.388. The number of piperazine rings is 1. The number of aromatic nitrogens is 2. The summed E-state index contributed by atoms with van der Waals surface area (Å²) in [6.45, 7) is 5.13. The first-order valence-electron chi connectivity index (χ1n) is 10.7. The van der Waals surface area contributed by atoms with Gasteiger partial charge in [-0.2, -0.15) is 5.26 Å². The van der Waals surface area contributed by atoms with Crippen molar-refractivity contribution < 1.29 is 0 Å². The Morgan fingerprint density at radius 3 is 2.42 bits per heavy atom. The Bertz CT molecular complexity index is 1360. The molecule has 0 atom stereocenters. The Morgan fingerprint density at radius 1 is 1.03 bits per heavy atom. The first-order valence-corrected chi connectivity index (χ1v) is 12.8. The summed E-state index contributed by atoms with van der Waals surface area (Å²) in [6.07, 6.45) is 0. The second-order valence-corrected chi connectivity index (χ2v) is 10.7. The first-order chi connectivity index (χ1) is 16.1. The van der Waals surface area contributed by atoms with Crippen molar-refractivity contribution >= 4 is 44.5 Å². The SMILES string of the molecule is N#CCn1c(CN2CCN(Cc3ccc(Cl)s3)CC2)nc2scc(-c3ccccc3)c2c1=O. The fraction of sp³-hybridized carbons (Fsp3) is 0.292. The van der Waals surface area contributed by atoms with Crippen LogP contribution in [0.25, 0.3) is 21.3 Å². The topological polar surface area (TPSA) is 65.2 Å². The Labute approximate surface area is 204 Å². The van der Waals surface area contributed by atoms with Crippen LogP contribution in [0.3, 0.4) is 0 Å². The Hall–Kier alpha value is -2.54. The van der Waals surface area contributed by atoms with Crippen molar-refractivity contribution in [1.29, 1.82) is 5.26 Å². The molecule has 1 fully saturated rings. The lowest BCUT2D eigenvalue weighted by Crippen LogP contribution is -2.46. The summed E-state index contributed by atoms with van der Waals surface area (Å²) in [5, 5.41) is 12.0. The largest absolute Gasteiger partial charge is 0.296 e. The summed E-state index contributed by atoms with van der Waals surface area (Å²) in [4.78, 5) is 25.0. The fourth-order valence-electron chi connectivity index (χ4n) is 4.21. The third kappa shape index (κ3) is 4.74. The molecule has 4 heterocycles. The van der Waals surface area contributed by atoms with Crippen LogP contribution in [0, 0.1) is 11.3 Å². The van der Waals surface area contributed by atoms with Crippen LogP contribution in [-0.4, -0.2) is 45.5 Å². The van der Waals surface area contributed by atoms with Crippen molar-refractivity contribution in [2.24, 2.45) is 0 Å². The number of nitriles is 1. The Balaban J connectivity index is 1.37. The van der Waals surface area contributed by atoms with Crippen LogP contribution in [0.1, 0.15) is 10.7 Å². The second kappa shape index (κ2) is 9.75. The normalized spacial score (nSPS) is 15.2. The minimum absolute atomic E-state index is 0.000283. The highest BCUT2D eigenvalue weighted by Crippen LogP contribution is 2.31. The molecule has 0 saturated carbocycles. The van der Waals surface area contributed by atoms with Gasteiger partial charge in [-0.1, -0.05) is 41.9 Å². The average Bonchev–Trinajstić information content (AvgIpc) is 3.44. The van der Waals surface area contributed by atoms with E-state index in [0.29, 0.717) is 17.8 Å². The zero-order chi connectivity index (χ0) is 22.8. The van der Waals surface area contributed by atoms with Gasteiger partial charge in [-0.15, -0.1) is 22.7 Å². The molecule has 4 aromatic rings. The van der Waals surface area contributed by atoms with Crippen LogP contribution in [0.2, 0.25) is 4.34 Å². The predicted octanol–water partition coefficient (Wildman–Crippen LogP) is 4.68. The van der Waals surface area contributed by atoms with E-state index >= 15 is 0 Å². The molecular formula is C24H22ClN5OS2. The highest BCUT2D eigenvalue weighted by molar-refractivity contribution is 7.17. The van der Waals surface area contributed by atoms with E-state index < -0.39 is 0 Å². The molecule has 1 aliphatic heterocycles. The molecule has 0 amide bonds. The van der Waals surface area contributed by atoms with E-state index in [1.807, 2.05) is 41.8 Å². The van der Waals surface area contributed by atoms with Crippen LogP contribution in [0.15, 0.2) is 52.6 Å². The minimum Gasteiger partial charge on any atom is -0.296 e. The first kappa shape index (κ1) is 22.3. The van der Waals surface area contributed by atoms with Gasteiger partial charge in [-0.05, 0) is 17.7 Å². The van der Waals surface area contributed by atoms with Gasteiger partial charge in [-0.25, -0.2) is 4.98 Å². The van der Waals surface area contributed by atoms with Gasteiger partial charge in [-0.3, -0.25) is 19.2 Å². The van der Waals surface area contributed by atoms with Gasteiger partial charge in [0.2, 0.25) is 0 Å². The molecule has 0 bridgehead atoms. The van der Waals surface area contributed by atoms with Crippen molar-refractivity contribution in [3.05, 3.63) is 73.2 Å². The summed E-state index contributed by atoms with van der Waals surface area (Å²) in [7, 11) is 0. The van der Waals surface area contributed by atoms with Crippen molar-refractivity contribution in [2.75, 3.05) is 26.2 Å². The molecule has 6 nitrogen and oxygen atoms in total. The molecule has 0 spiro atoms. The molecule has 168 valence electrons. The zero-order valence-electron chi connectivity index (χ0n) is 17.9. The summed E-state index contributed by atoms with van der Waals surface area (Å²) in [5.74, 6) is 0.661. The van der Waals surface area contributed by atoms with E-state index in [-0.39, 0.29) is 12.1 Å². The molecule has 33 heavy (non-hydrogen) atoms. The average molecular weight is 496 g/mol. The zero-order valence-corrected chi connectivity index (χ0v) is 20.3. The van der Waals surface area contributed by atoms with Crippen LogP contribution < -0.4 is 5.56 Å². The van der Waals surface area contributed by atoms with Crippen LogP contribution in [0.5, 0.6) is 0 Å². The van der Waals surface area contributed by atoms with Crippen molar-refractivity contribution in [2.45, 2.75) is 19.6 Å². The highest BCUT2D eigenvalue weighted by atomic mass is 35.5. The van der Waals surface area contributed by atoms with Crippen LogP contribution >= 0.6 is 34.3 Å². The van der Waals surface area contributed by atoms with Crippen LogP contribution in [-0.2, 0) is 19.6 Å². The van der Waals surface area contributed by atoms with Gasteiger partial charge in [0.05, 0.1) is 22.3 Å². The van der Waals surface area contributed by atoms with Gasteiger partial charge >= 0.3 is 0 Å². The molecule has 9 heteroatoms. The van der Waals surface area contributed by atoms with E-state index in [9.17, 15) is 10.1 Å². The highest BCUT2D eigenvalue weighted by Gasteiger charge is 2.22. The third-order valence-electron chi connectivity index (χ3n) is 5.92. The Kier molecular flexibility index (Phi) is 6.58. The molecule has 0 aliphatic carbocycles. The molecule has 1 saturated heterocycles. The van der Waals surface area contributed by atoms with E-state index in [1.165, 1.54) is 16.2 Å². The van der Waals surface area contributed by atoms with Crippen LogP contribution in [0.4, 0.5) is 0 Å². The van der Waals surface area contributed by atoms with Gasteiger partial charge < -0.3 is 0 Å². The number of fused-ring (bicyclic) bond motifs is 1. The van der Waals surface area contributed by atoms with Crippen molar-refractivity contribution in [1.82, 2.24) is 19.4 Å². The number of benzene rings is 1. The number of thiophene rings is 2. The molecule has 3 aromatic heterocycles. The summed E-state index contributed by atoms with van der Waals surface area (Å²) >= 11 is 9.17. The maximum absolute atomic E-state index is 13.4. The van der Waals surface area contributed by atoms with Gasteiger partial charge in [0.1, 0.15) is 17.2 Å². The number of nitrogens with zero attached hydrogens (tertiary/aromatic N) is 5. The maximum atomic E-state index is 13.4. The second-order valence-electron chi connectivity index (χ2n) is 8.03. The van der Waals surface area contributed by atoms with Crippen molar-refractivity contribution in [3.63, 3.8) is 0 Å². The Morgan fingerprint density at radius 2 is 1.76 bits per heavy atom. The lowest BCUT2D eigenvalue weighted by atomic mass is 10.1. The maximum Gasteiger partial charge on any atom is 0.263 e. The van der Waals surface area contributed by atoms with E-state index in [1.54, 1.807) is 15.9 Å². The van der Waals surface area contributed by atoms with Gasteiger partial charge in [0, 0.05) is 48.5 Å². The molecule has 0 N–H and O–H groups in total. The number of hydrogen-bond acceptors (Lipinski definition) is 7. The minimum atomic E-state index is -0.134. The van der Waals surface area contributed by atoms with E-state index in [4.69, 9.17) is 16.6 Å². The molecule has 0 radical (unpaired) electrons. The number of hydrogen-bond donors (Lipinski definition) is 0. The monoisotopic (exact) mass is 495 g/mol. The molecule has 5 rings (SSSR count). The van der Waals surface area contributed by atoms with E-state index in [0.717, 1.165) is 53.0 Å². The third-order valence-corrected chi connectivity index (χ3v) is 8.01. The number of rotatable bonds is 6. The summed E-state index contributed by atoms with van der Waals surface area (Å²) < 4.78 is 2.37. The van der Waals surface area contributed by atoms with E-state index in [2.05, 4.69) is 21.9 Å². The molecule has 0 unspecified atom stereocenters.